The molecule has 0 aliphatic heterocycles. The van der Waals surface area contributed by atoms with Gasteiger partial charge in [-0.25, -0.2) is 0 Å². The fourth-order valence-electron chi connectivity index (χ4n) is 2.62. The van der Waals surface area contributed by atoms with Crippen LogP contribution in [0.1, 0.15) is 52.4 Å². The van der Waals surface area contributed by atoms with Crippen molar-refractivity contribution in [2.24, 2.45) is 18.9 Å². The van der Waals surface area contributed by atoms with Crippen molar-refractivity contribution in [1.29, 1.82) is 0 Å². The van der Waals surface area contributed by atoms with E-state index in [0.29, 0.717) is 12.0 Å². The van der Waals surface area contributed by atoms with Crippen LogP contribution in [0.4, 0.5) is 0 Å². The summed E-state index contributed by atoms with van der Waals surface area (Å²) >= 11 is 3.73. The molecule has 1 aromatic heterocycles. The second kappa shape index (κ2) is 8.18. The molecule has 0 spiro atoms. The summed E-state index contributed by atoms with van der Waals surface area (Å²) in [4.78, 5) is 0. The maximum absolute atomic E-state index is 4.61. The predicted molar refractivity (Wildman–Crippen MR) is 90.1 cm³/mol. The molecule has 1 heterocycles. The molecule has 1 unspecified atom stereocenters. The van der Waals surface area contributed by atoms with Crippen molar-refractivity contribution in [3.63, 3.8) is 0 Å². The van der Waals surface area contributed by atoms with Crippen molar-refractivity contribution in [3.8, 4) is 0 Å². The van der Waals surface area contributed by atoms with E-state index in [9.17, 15) is 0 Å². The summed E-state index contributed by atoms with van der Waals surface area (Å²) in [6, 6.07) is 0.547. The summed E-state index contributed by atoms with van der Waals surface area (Å²) in [6.45, 7) is 12.3. The van der Waals surface area contributed by atoms with Crippen molar-refractivity contribution in [1.82, 2.24) is 15.1 Å². The van der Waals surface area contributed by atoms with Crippen molar-refractivity contribution in [2.45, 2.75) is 59.9 Å². The van der Waals surface area contributed by atoms with Gasteiger partial charge < -0.3 is 5.32 Å². The molecular formula is C16H30BrN3. The van der Waals surface area contributed by atoms with E-state index in [-0.39, 0.29) is 0 Å². The molecule has 1 N–H and O–H groups in total. The fraction of sp³-hybridized carbons (Fsp3) is 0.812. The van der Waals surface area contributed by atoms with Crippen LogP contribution < -0.4 is 5.32 Å². The monoisotopic (exact) mass is 343 g/mol. The minimum absolute atomic E-state index is 0.547. The zero-order valence-electron chi connectivity index (χ0n) is 13.8. The molecule has 3 nitrogen and oxygen atoms in total. The van der Waals surface area contributed by atoms with Crippen LogP contribution in [0.25, 0.3) is 0 Å². The highest BCUT2D eigenvalue weighted by Crippen LogP contribution is 2.26. The molecular weight excluding hydrogens is 314 g/mol. The molecule has 1 rings (SSSR count). The minimum Gasteiger partial charge on any atom is -0.314 e. The van der Waals surface area contributed by atoms with Crippen LogP contribution in [-0.4, -0.2) is 22.4 Å². The van der Waals surface area contributed by atoms with Crippen LogP contribution in [0.2, 0.25) is 0 Å². The quantitative estimate of drug-likeness (QED) is 0.774. The predicted octanol–water partition coefficient (Wildman–Crippen LogP) is 3.95. The molecule has 0 bridgehead atoms. The molecule has 0 saturated heterocycles. The summed E-state index contributed by atoms with van der Waals surface area (Å²) in [7, 11) is 2.06. The molecule has 20 heavy (non-hydrogen) atoms. The highest BCUT2D eigenvalue weighted by molar-refractivity contribution is 9.10. The van der Waals surface area contributed by atoms with Gasteiger partial charge in [0.1, 0.15) is 0 Å². The first kappa shape index (κ1) is 17.7. The Kier molecular flexibility index (Phi) is 7.24. The SMILES string of the molecule is CCc1nn(C)c(CC(CNC(C)C)CC(C)C)c1Br. The van der Waals surface area contributed by atoms with Gasteiger partial charge in [0.25, 0.3) is 0 Å². The first-order chi connectivity index (χ1) is 9.35. The summed E-state index contributed by atoms with van der Waals surface area (Å²) in [5.74, 6) is 1.39. The number of aromatic nitrogens is 2. The van der Waals surface area contributed by atoms with Gasteiger partial charge in [0.2, 0.25) is 0 Å². The van der Waals surface area contributed by atoms with Crippen LogP contribution >= 0.6 is 15.9 Å². The Labute approximate surface area is 132 Å². The summed E-state index contributed by atoms with van der Waals surface area (Å²) in [5.41, 5.74) is 2.50. The van der Waals surface area contributed by atoms with Gasteiger partial charge in [0.05, 0.1) is 15.9 Å². The summed E-state index contributed by atoms with van der Waals surface area (Å²) < 4.78 is 3.26. The van der Waals surface area contributed by atoms with Crippen molar-refractivity contribution in [2.75, 3.05) is 6.54 Å². The van der Waals surface area contributed by atoms with E-state index in [1.807, 2.05) is 4.68 Å². The normalized spacial score (nSPS) is 13.4. The lowest BCUT2D eigenvalue weighted by molar-refractivity contribution is 0.366. The molecule has 0 radical (unpaired) electrons. The first-order valence-corrected chi connectivity index (χ1v) is 8.58. The molecule has 1 aromatic rings. The second-order valence-electron chi connectivity index (χ2n) is 6.45. The Bertz CT molecular complexity index is 410. The van der Waals surface area contributed by atoms with Gasteiger partial charge in [-0.2, -0.15) is 5.10 Å². The van der Waals surface area contributed by atoms with Crippen LogP contribution in [0.5, 0.6) is 0 Å². The molecule has 0 amide bonds. The van der Waals surface area contributed by atoms with E-state index in [4.69, 9.17) is 0 Å². The fourth-order valence-corrected chi connectivity index (χ4v) is 3.40. The lowest BCUT2D eigenvalue weighted by Crippen LogP contribution is -2.31. The van der Waals surface area contributed by atoms with Gasteiger partial charge in [0.15, 0.2) is 0 Å². The van der Waals surface area contributed by atoms with E-state index in [1.165, 1.54) is 22.3 Å². The number of hydrogen-bond donors (Lipinski definition) is 1. The smallest absolute Gasteiger partial charge is 0.0766 e. The Hall–Kier alpha value is -0.350. The molecule has 0 saturated carbocycles. The number of rotatable bonds is 8. The van der Waals surface area contributed by atoms with Crippen molar-refractivity contribution in [3.05, 3.63) is 15.9 Å². The average Bonchev–Trinajstić information content (AvgIpc) is 2.62. The third-order valence-electron chi connectivity index (χ3n) is 3.60. The van der Waals surface area contributed by atoms with Gasteiger partial charge >= 0.3 is 0 Å². The molecule has 0 fully saturated rings. The van der Waals surface area contributed by atoms with Crippen molar-refractivity contribution < 1.29 is 0 Å². The second-order valence-corrected chi connectivity index (χ2v) is 7.24. The van der Waals surface area contributed by atoms with Gasteiger partial charge in [-0.1, -0.05) is 34.6 Å². The maximum Gasteiger partial charge on any atom is 0.0766 e. The molecule has 0 aliphatic rings. The van der Waals surface area contributed by atoms with Crippen LogP contribution in [-0.2, 0) is 19.9 Å². The van der Waals surface area contributed by atoms with Crippen molar-refractivity contribution >= 4 is 15.9 Å². The Morgan fingerprint density at radius 3 is 2.35 bits per heavy atom. The third kappa shape index (κ3) is 5.21. The lowest BCUT2D eigenvalue weighted by Gasteiger charge is -2.21. The van der Waals surface area contributed by atoms with Gasteiger partial charge in [-0.05, 0) is 53.6 Å². The largest absolute Gasteiger partial charge is 0.314 e. The zero-order valence-corrected chi connectivity index (χ0v) is 15.4. The summed E-state index contributed by atoms with van der Waals surface area (Å²) in [6.07, 6.45) is 3.31. The molecule has 4 heteroatoms. The Balaban J connectivity index is 2.80. The van der Waals surface area contributed by atoms with Gasteiger partial charge in [0, 0.05) is 13.1 Å². The van der Waals surface area contributed by atoms with Crippen LogP contribution in [0.15, 0.2) is 4.47 Å². The number of hydrogen-bond acceptors (Lipinski definition) is 2. The maximum atomic E-state index is 4.61. The number of nitrogens with zero attached hydrogens (tertiary/aromatic N) is 2. The summed E-state index contributed by atoms with van der Waals surface area (Å²) in [5, 5.41) is 8.19. The topological polar surface area (TPSA) is 29.9 Å². The molecule has 0 aromatic carbocycles. The van der Waals surface area contributed by atoms with Crippen LogP contribution in [0, 0.1) is 11.8 Å². The van der Waals surface area contributed by atoms with Crippen LogP contribution in [0.3, 0.4) is 0 Å². The molecule has 0 aliphatic carbocycles. The van der Waals surface area contributed by atoms with Gasteiger partial charge in [-0.15, -0.1) is 0 Å². The third-order valence-corrected chi connectivity index (χ3v) is 4.52. The molecule has 1 atom stereocenters. The van der Waals surface area contributed by atoms with E-state index >= 15 is 0 Å². The van der Waals surface area contributed by atoms with E-state index in [2.05, 4.69) is 68.0 Å². The minimum atomic E-state index is 0.547. The van der Waals surface area contributed by atoms with Gasteiger partial charge in [-0.3, -0.25) is 4.68 Å². The first-order valence-electron chi connectivity index (χ1n) is 7.78. The zero-order chi connectivity index (χ0) is 15.3. The van der Waals surface area contributed by atoms with E-state index < -0.39 is 0 Å². The lowest BCUT2D eigenvalue weighted by atomic mass is 9.92. The highest BCUT2D eigenvalue weighted by atomic mass is 79.9. The van der Waals surface area contributed by atoms with E-state index in [0.717, 1.165) is 25.3 Å². The molecule has 116 valence electrons. The Morgan fingerprint density at radius 1 is 1.25 bits per heavy atom. The number of aryl methyl sites for hydroxylation is 2. The number of halogens is 1. The highest BCUT2D eigenvalue weighted by Gasteiger charge is 2.18. The number of nitrogens with one attached hydrogen (secondary N) is 1. The average molecular weight is 344 g/mol. The Morgan fingerprint density at radius 2 is 1.90 bits per heavy atom. The standard InChI is InChI=1S/C16H30BrN3/c1-7-14-16(17)15(20(6)19-14)9-13(8-11(2)3)10-18-12(4)5/h11-13,18H,7-10H2,1-6H3. The van der Waals surface area contributed by atoms with E-state index in [1.54, 1.807) is 0 Å².